The van der Waals surface area contributed by atoms with Crippen molar-refractivity contribution in [3.8, 4) is 0 Å². The molecule has 0 saturated carbocycles. The number of carbonyl (C=O) groups excluding carboxylic acids is 2. The third-order valence-electron chi connectivity index (χ3n) is 3.64. The van der Waals surface area contributed by atoms with Crippen molar-refractivity contribution < 1.29 is 14.3 Å². The highest BCUT2D eigenvalue weighted by Crippen LogP contribution is 2.20. The number of nitrogens with one attached hydrogen (secondary N) is 1. The molecule has 0 bridgehead atoms. The molecule has 2 saturated heterocycles. The molecule has 2 amide bonds. The SMILES string of the molecule is NC(=O)CC1CCN(C(=O)C2COCCN2)CC1. The fraction of sp³-hybridized carbons (Fsp3) is 0.833. The summed E-state index contributed by atoms with van der Waals surface area (Å²) in [5.41, 5.74) is 5.19. The number of hydrogen-bond acceptors (Lipinski definition) is 4. The molecule has 2 aliphatic rings. The molecule has 1 unspecified atom stereocenters. The lowest BCUT2D eigenvalue weighted by Crippen LogP contribution is -2.54. The summed E-state index contributed by atoms with van der Waals surface area (Å²) in [6.45, 7) is 3.29. The van der Waals surface area contributed by atoms with Crippen molar-refractivity contribution in [2.75, 3.05) is 32.8 Å². The van der Waals surface area contributed by atoms with Crippen molar-refractivity contribution >= 4 is 11.8 Å². The van der Waals surface area contributed by atoms with E-state index in [0.29, 0.717) is 25.6 Å². The number of carbonyl (C=O) groups is 2. The van der Waals surface area contributed by atoms with Crippen LogP contribution < -0.4 is 11.1 Å². The highest BCUT2D eigenvalue weighted by Gasteiger charge is 2.29. The monoisotopic (exact) mass is 255 g/mol. The van der Waals surface area contributed by atoms with Gasteiger partial charge in [-0.25, -0.2) is 0 Å². The van der Waals surface area contributed by atoms with E-state index < -0.39 is 0 Å². The molecule has 0 radical (unpaired) electrons. The van der Waals surface area contributed by atoms with Gasteiger partial charge in [-0.2, -0.15) is 0 Å². The second-order valence-electron chi connectivity index (χ2n) is 5.02. The van der Waals surface area contributed by atoms with Crippen LogP contribution in [0.1, 0.15) is 19.3 Å². The molecule has 0 aliphatic carbocycles. The number of likely N-dealkylation sites (tertiary alicyclic amines) is 1. The highest BCUT2D eigenvalue weighted by atomic mass is 16.5. The lowest BCUT2D eigenvalue weighted by molar-refractivity contribution is -0.137. The van der Waals surface area contributed by atoms with Crippen LogP contribution in [0.5, 0.6) is 0 Å². The van der Waals surface area contributed by atoms with Crippen LogP contribution in [-0.2, 0) is 14.3 Å². The zero-order valence-corrected chi connectivity index (χ0v) is 10.6. The molecule has 18 heavy (non-hydrogen) atoms. The van der Waals surface area contributed by atoms with Gasteiger partial charge in [0.05, 0.1) is 13.2 Å². The maximum atomic E-state index is 12.2. The minimum Gasteiger partial charge on any atom is -0.378 e. The molecule has 2 heterocycles. The van der Waals surface area contributed by atoms with Crippen LogP contribution in [0.25, 0.3) is 0 Å². The van der Waals surface area contributed by atoms with E-state index in [0.717, 1.165) is 32.5 Å². The zero-order valence-electron chi connectivity index (χ0n) is 10.6. The second-order valence-corrected chi connectivity index (χ2v) is 5.02. The van der Waals surface area contributed by atoms with Gasteiger partial charge in [-0.3, -0.25) is 9.59 Å². The molecule has 0 aromatic carbocycles. The Kier molecular flexibility index (Phi) is 4.54. The van der Waals surface area contributed by atoms with Crippen LogP contribution in [-0.4, -0.2) is 55.6 Å². The average molecular weight is 255 g/mol. The lowest BCUT2D eigenvalue weighted by Gasteiger charge is -2.35. The summed E-state index contributed by atoms with van der Waals surface area (Å²) >= 11 is 0. The summed E-state index contributed by atoms with van der Waals surface area (Å²) in [5, 5.41) is 3.17. The number of amides is 2. The predicted molar refractivity (Wildman–Crippen MR) is 65.7 cm³/mol. The fourth-order valence-electron chi connectivity index (χ4n) is 2.59. The molecule has 0 aromatic rings. The first-order valence-corrected chi connectivity index (χ1v) is 6.55. The average Bonchev–Trinajstić information content (AvgIpc) is 2.39. The molecule has 6 nitrogen and oxygen atoms in total. The summed E-state index contributed by atoms with van der Waals surface area (Å²) in [4.78, 5) is 24.9. The number of morpholine rings is 1. The quantitative estimate of drug-likeness (QED) is 0.683. The van der Waals surface area contributed by atoms with E-state index in [1.54, 1.807) is 0 Å². The van der Waals surface area contributed by atoms with E-state index >= 15 is 0 Å². The van der Waals surface area contributed by atoms with Gasteiger partial charge in [0.2, 0.25) is 11.8 Å². The number of piperidine rings is 1. The molecule has 6 heteroatoms. The number of hydrogen-bond donors (Lipinski definition) is 2. The normalized spacial score (nSPS) is 26.0. The van der Waals surface area contributed by atoms with Crippen molar-refractivity contribution in [2.45, 2.75) is 25.3 Å². The van der Waals surface area contributed by atoms with Crippen LogP contribution >= 0.6 is 0 Å². The van der Waals surface area contributed by atoms with E-state index in [-0.39, 0.29) is 17.9 Å². The molecule has 2 aliphatic heterocycles. The van der Waals surface area contributed by atoms with Crippen LogP contribution in [0, 0.1) is 5.92 Å². The van der Waals surface area contributed by atoms with Gasteiger partial charge >= 0.3 is 0 Å². The summed E-state index contributed by atoms with van der Waals surface area (Å²) in [6, 6.07) is -0.202. The lowest BCUT2D eigenvalue weighted by atomic mass is 9.93. The fourth-order valence-corrected chi connectivity index (χ4v) is 2.59. The maximum absolute atomic E-state index is 12.2. The number of nitrogens with two attached hydrogens (primary N) is 1. The Labute approximate surface area is 107 Å². The van der Waals surface area contributed by atoms with E-state index in [4.69, 9.17) is 10.5 Å². The first-order chi connectivity index (χ1) is 8.66. The van der Waals surface area contributed by atoms with Gasteiger partial charge in [0.25, 0.3) is 0 Å². The van der Waals surface area contributed by atoms with Crippen molar-refractivity contribution in [3.63, 3.8) is 0 Å². The van der Waals surface area contributed by atoms with Crippen molar-refractivity contribution in [1.82, 2.24) is 10.2 Å². The maximum Gasteiger partial charge on any atom is 0.242 e. The van der Waals surface area contributed by atoms with Crippen molar-refractivity contribution in [1.29, 1.82) is 0 Å². The smallest absolute Gasteiger partial charge is 0.242 e. The summed E-state index contributed by atoms with van der Waals surface area (Å²) in [6.07, 6.45) is 2.16. The van der Waals surface area contributed by atoms with E-state index in [2.05, 4.69) is 5.32 Å². The Morgan fingerprint density at radius 1 is 1.33 bits per heavy atom. The van der Waals surface area contributed by atoms with Crippen LogP contribution in [0.4, 0.5) is 0 Å². The first kappa shape index (κ1) is 13.3. The standard InChI is InChI=1S/C12H21N3O3/c13-11(16)7-9-1-4-15(5-2-9)12(17)10-8-18-6-3-14-10/h9-10,14H,1-8H2,(H2,13,16). The first-order valence-electron chi connectivity index (χ1n) is 6.55. The predicted octanol–water partition coefficient (Wildman–Crippen LogP) is -0.911. The Hall–Kier alpha value is -1.14. The molecule has 3 N–H and O–H groups in total. The van der Waals surface area contributed by atoms with E-state index in [1.807, 2.05) is 4.90 Å². The molecule has 2 fully saturated rings. The van der Waals surface area contributed by atoms with Crippen LogP contribution in [0.15, 0.2) is 0 Å². The third kappa shape index (κ3) is 3.43. The van der Waals surface area contributed by atoms with Crippen molar-refractivity contribution in [2.24, 2.45) is 11.7 Å². The molecule has 0 spiro atoms. The molecule has 0 aromatic heterocycles. The highest BCUT2D eigenvalue weighted by molar-refractivity contribution is 5.82. The topological polar surface area (TPSA) is 84.7 Å². The van der Waals surface area contributed by atoms with Gasteiger partial charge in [-0.1, -0.05) is 0 Å². The number of primary amides is 1. The number of rotatable bonds is 3. The zero-order chi connectivity index (χ0) is 13.0. The van der Waals surface area contributed by atoms with Gasteiger partial charge in [0.15, 0.2) is 0 Å². The Balaban J connectivity index is 1.78. The summed E-state index contributed by atoms with van der Waals surface area (Å²) in [5.74, 6) is 0.205. The van der Waals surface area contributed by atoms with Crippen LogP contribution in [0.2, 0.25) is 0 Å². The Morgan fingerprint density at radius 3 is 2.61 bits per heavy atom. The molecule has 102 valence electrons. The molecule has 1 atom stereocenters. The third-order valence-corrected chi connectivity index (χ3v) is 3.64. The summed E-state index contributed by atoms with van der Waals surface area (Å²) < 4.78 is 5.30. The molecular weight excluding hydrogens is 234 g/mol. The van der Waals surface area contributed by atoms with Gasteiger partial charge in [-0.05, 0) is 18.8 Å². The minimum atomic E-state index is -0.248. The second kappa shape index (κ2) is 6.15. The van der Waals surface area contributed by atoms with Gasteiger partial charge in [-0.15, -0.1) is 0 Å². The number of ether oxygens (including phenoxy) is 1. The van der Waals surface area contributed by atoms with Crippen LogP contribution in [0.3, 0.4) is 0 Å². The molecule has 2 rings (SSSR count). The van der Waals surface area contributed by atoms with Crippen molar-refractivity contribution in [3.05, 3.63) is 0 Å². The van der Waals surface area contributed by atoms with Gasteiger partial charge < -0.3 is 20.7 Å². The van der Waals surface area contributed by atoms with E-state index in [9.17, 15) is 9.59 Å². The van der Waals surface area contributed by atoms with Gasteiger partial charge in [0.1, 0.15) is 6.04 Å². The van der Waals surface area contributed by atoms with E-state index in [1.165, 1.54) is 0 Å². The largest absolute Gasteiger partial charge is 0.378 e. The minimum absolute atomic E-state index is 0.118. The number of nitrogens with zero attached hydrogens (tertiary/aromatic N) is 1. The molecular formula is C12H21N3O3. The summed E-state index contributed by atoms with van der Waals surface area (Å²) in [7, 11) is 0. The van der Waals surface area contributed by atoms with Gasteiger partial charge in [0, 0.05) is 26.1 Å². The Morgan fingerprint density at radius 2 is 2.06 bits per heavy atom. The Bertz CT molecular complexity index is 308.